The average Bonchev–Trinajstić information content (AvgIpc) is 2.97. The number of nitrogens with one attached hydrogen (secondary N) is 2. The molecule has 3 N–H and O–H groups in total. The zero-order valence-corrected chi connectivity index (χ0v) is 11.7. The Labute approximate surface area is 121 Å². The number of nitrogens with zero attached hydrogens (tertiary/aromatic N) is 2. The highest BCUT2D eigenvalue weighted by molar-refractivity contribution is 5.91. The molecule has 1 aromatic rings. The summed E-state index contributed by atoms with van der Waals surface area (Å²) in [4.78, 5) is 33.7. The first kappa shape index (κ1) is 15.0. The number of amides is 2. The Balaban J connectivity index is 1.68. The van der Waals surface area contributed by atoms with Gasteiger partial charge >= 0.3 is 5.97 Å². The molecular formula is C13H18N4O4. The van der Waals surface area contributed by atoms with Crippen LogP contribution < -0.4 is 10.6 Å². The molecule has 0 aliphatic heterocycles. The maximum atomic E-state index is 11.7. The molecule has 21 heavy (non-hydrogen) atoms. The smallest absolute Gasteiger partial charge is 0.325 e. The van der Waals surface area contributed by atoms with Crippen LogP contribution in [0.2, 0.25) is 0 Å². The molecule has 1 fully saturated rings. The molecule has 0 spiro atoms. The minimum Gasteiger partial charge on any atom is -0.480 e. The van der Waals surface area contributed by atoms with E-state index < -0.39 is 5.97 Å². The number of hydrogen-bond donors (Lipinski definition) is 3. The summed E-state index contributed by atoms with van der Waals surface area (Å²) in [6, 6.07) is 0. The van der Waals surface area contributed by atoms with Crippen molar-refractivity contribution >= 4 is 23.5 Å². The Bertz CT molecular complexity index is 554. The van der Waals surface area contributed by atoms with Gasteiger partial charge in [0.1, 0.15) is 6.54 Å². The average molecular weight is 294 g/mol. The second-order valence-electron chi connectivity index (χ2n) is 5.23. The molecule has 1 aliphatic rings. The predicted octanol–water partition coefficient (Wildman–Crippen LogP) is 0.0685. The number of carboxylic acid groups (broad SMARTS) is 1. The fraction of sp³-hybridized carbons (Fsp3) is 0.538. The highest BCUT2D eigenvalue weighted by Crippen LogP contribution is 2.37. The Hall–Kier alpha value is -2.38. The number of carboxylic acids is 1. The molecule has 2 atom stereocenters. The molecule has 0 saturated heterocycles. The van der Waals surface area contributed by atoms with Gasteiger partial charge in [-0.25, -0.2) is 0 Å². The monoisotopic (exact) mass is 294 g/mol. The van der Waals surface area contributed by atoms with E-state index in [2.05, 4.69) is 15.7 Å². The zero-order valence-electron chi connectivity index (χ0n) is 11.7. The van der Waals surface area contributed by atoms with Gasteiger partial charge in [-0.15, -0.1) is 0 Å². The van der Waals surface area contributed by atoms with Crippen molar-refractivity contribution in [1.82, 2.24) is 15.1 Å². The third-order valence-electron chi connectivity index (χ3n) is 3.31. The summed E-state index contributed by atoms with van der Waals surface area (Å²) in [7, 11) is 0. The van der Waals surface area contributed by atoms with Crippen molar-refractivity contribution in [2.75, 3.05) is 11.9 Å². The van der Waals surface area contributed by atoms with Crippen molar-refractivity contribution in [1.29, 1.82) is 0 Å². The van der Waals surface area contributed by atoms with Crippen molar-refractivity contribution in [3.63, 3.8) is 0 Å². The second kappa shape index (κ2) is 6.38. The zero-order chi connectivity index (χ0) is 15.4. The third kappa shape index (κ3) is 4.59. The SMILES string of the molecule is CC1CC1C(=O)NCCC(=O)Nc1cnn(CC(=O)O)c1. The van der Waals surface area contributed by atoms with Gasteiger partial charge in [0.05, 0.1) is 11.9 Å². The van der Waals surface area contributed by atoms with E-state index in [1.807, 2.05) is 6.92 Å². The Morgan fingerprint density at radius 2 is 2.19 bits per heavy atom. The molecule has 0 radical (unpaired) electrons. The summed E-state index contributed by atoms with van der Waals surface area (Å²) < 4.78 is 1.22. The first-order chi connectivity index (χ1) is 9.95. The van der Waals surface area contributed by atoms with Gasteiger partial charge < -0.3 is 15.7 Å². The van der Waals surface area contributed by atoms with E-state index in [1.165, 1.54) is 17.1 Å². The van der Waals surface area contributed by atoms with E-state index in [1.54, 1.807) is 0 Å². The largest absolute Gasteiger partial charge is 0.480 e. The standard InChI is InChI=1S/C13H18N4O4/c1-8-4-10(8)13(21)14-3-2-11(18)16-9-5-15-17(6-9)7-12(19)20/h5-6,8,10H,2-4,7H2,1H3,(H,14,21)(H,16,18)(H,19,20). The Kier molecular flexibility index (Phi) is 4.56. The Morgan fingerprint density at radius 3 is 2.81 bits per heavy atom. The fourth-order valence-electron chi connectivity index (χ4n) is 1.99. The molecule has 0 bridgehead atoms. The topological polar surface area (TPSA) is 113 Å². The molecule has 2 amide bonds. The molecule has 1 heterocycles. The van der Waals surface area contributed by atoms with Crippen LogP contribution in [-0.4, -0.2) is 39.2 Å². The Morgan fingerprint density at radius 1 is 1.48 bits per heavy atom. The van der Waals surface area contributed by atoms with Gasteiger partial charge in [0, 0.05) is 25.1 Å². The van der Waals surface area contributed by atoms with E-state index in [4.69, 9.17) is 5.11 Å². The lowest BCUT2D eigenvalue weighted by Crippen LogP contribution is -2.29. The maximum Gasteiger partial charge on any atom is 0.325 e. The minimum absolute atomic E-state index is 0.00424. The van der Waals surface area contributed by atoms with Gasteiger partial charge in [-0.1, -0.05) is 6.92 Å². The normalized spacial score (nSPS) is 19.9. The van der Waals surface area contributed by atoms with Gasteiger partial charge in [0.15, 0.2) is 0 Å². The van der Waals surface area contributed by atoms with E-state index in [9.17, 15) is 14.4 Å². The van der Waals surface area contributed by atoms with Crippen molar-refractivity contribution < 1.29 is 19.5 Å². The quantitative estimate of drug-likeness (QED) is 0.658. The van der Waals surface area contributed by atoms with Crippen LogP contribution in [-0.2, 0) is 20.9 Å². The summed E-state index contributed by atoms with van der Waals surface area (Å²) in [6.45, 7) is 2.05. The highest BCUT2D eigenvalue weighted by Gasteiger charge is 2.38. The van der Waals surface area contributed by atoms with Crippen molar-refractivity contribution in [3.05, 3.63) is 12.4 Å². The van der Waals surface area contributed by atoms with E-state index in [0.717, 1.165) is 6.42 Å². The van der Waals surface area contributed by atoms with Crippen LogP contribution in [0.15, 0.2) is 12.4 Å². The van der Waals surface area contributed by atoms with Crippen LogP contribution in [0.1, 0.15) is 19.8 Å². The number of carbonyl (C=O) groups excluding carboxylic acids is 2. The van der Waals surface area contributed by atoms with E-state index >= 15 is 0 Å². The first-order valence-electron chi connectivity index (χ1n) is 6.77. The number of carbonyl (C=O) groups is 3. The number of hydrogen-bond acceptors (Lipinski definition) is 4. The van der Waals surface area contributed by atoms with Crippen LogP contribution in [0.25, 0.3) is 0 Å². The van der Waals surface area contributed by atoms with Gasteiger partial charge in [0.2, 0.25) is 11.8 Å². The fourth-order valence-corrected chi connectivity index (χ4v) is 1.99. The number of aliphatic carboxylic acids is 1. The third-order valence-corrected chi connectivity index (χ3v) is 3.31. The van der Waals surface area contributed by atoms with Crippen LogP contribution in [0.5, 0.6) is 0 Å². The van der Waals surface area contributed by atoms with Gasteiger partial charge in [-0.3, -0.25) is 19.1 Å². The molecular weight excluding hydrogens is 276 g/mol. The maximum absolute atomic E-state index is 11.7. The summed E-state index contributed by atoms with van der Waals surface area (Å²) >= 11 is 0. The number of aromatic nitrogens is 2. The van der Waals surface area contributed by atoms with Gasteiger partial charge in [0.25, 0.3) is 0 Å². The van der Waals surface area contributed by atoms with Gasteiger partial charge in [-0.05, 0) is 12.3 Å². The lowest BCUT2D eigenvalue weighted by Gasteiger charge is -2.04. The van der Waals surface area contributed by atoms with E-state index in [0.29, 0.717) is 11.6 Å². The molecule has 8 heteroatoms. The summed E-state index contributed by atoms with van der Waals surface area (Å²) in [5.41, 5.74) is 0.434. The highest BCUT2D eigenvalue weighted by atomic mass is 16.4. The van der Waals surface area contributed by atoms with Crippen molar-refractivity contribution in [2.24, 2.45) is 11.8 Å². The molecule has 114 valence electrons. The molecule has 2 rings (SSSR count). The van der Waals surface area contributed by atoms with Crippen LogP contribution in [0.4, 0.5) is 5.69 Å². The van der Waals surface area contributed by atoms with Crippen molar-refractivity contribution in [3.8, 4) is 0 Å². The molecule has 0 aromatic carbocycles. The first-order valence-corrected chi connectivity index (χ1v) is 6.77. The molecule has 8 nitrogen and oxygen atoms in total. The summed E-state index contributed by atoms with van der Waals surface area (Å²) in [6.07, 6.45) is 3.90. The number of anilines is 1. The molecule has 1 saturated carbocycles. The van der Waals surface area contributed by atoms with Crippen LogP contribution in [0, 0.1) is 11.8 Å². The summed E-state index contributed by atoms with van der Waals surface area (Å²) in [5, 5.41) is 17.7. The predicted molar refractivity (Wildman–Crippen MR) is 73.4 cm³/mol. The summed E-state index contributed by atoms with van der Waals surface area (Å²) in [5.74, 6) is -0.715. The lowest BCUT2D eigenvalue weighted by atomic mass is 10.3. The molecule has 1 aliphatic carbocycles. The molecule has 1 aromatic heterocycles. The van der Waals surface area contributed by atoms with Crippen molar-refractivity contribution in [2.45, 2.75) is 26.3 Å². The number of rotatable bonds is 7. The van der Waals surface area contributed by atoms with Crippen LogP contribution in [0.3, 0.4) is 0 Å². The van der Waals surface area contributed by atoms with Gasteiger partial charge in [-0.2, -0.15) is 5.10 Å². The minimum atomic E-state index is -1.01. The second-order valence-corrected chi connectivity index (χ2v) is 5.23. The van der Waals surface area contributed by atoms with E-state index in [-0.39, 0.29) is 37.2 Å². The lowest BCUT2D eigenvalue weighted by molar-refractivity contribution is -0.138. The molecule has 2 unspecified atom stereocenters. The van der Waals surface area contributed by atoms with Crippen LogP contribution >= 0.6 is 0 Å².